The molecule has 0 saturated heterocycles. The molecular formula is C26H38FN5O5. The third kappa shape index (κ3) is 8.13. The minimum absolute atomic E-state index is 0.0154. The first kappa shape index (κ1) is 28.3. The molecule has 0 aromatic carbocycles. The average molecular weight is 520 g/mol. The molecular weight excluding hydrogens is 481 g/mol. The summed E-state index contributed by atoms with van der Waals surface area (Å²) in [5, 5.41) is 8.30. The van der Waals surface area contributed by atoms with Gasteiger partial charge in [0.15, 0.2) is 0 Å². The van der Waals surface area contributed by atoms with Crippen LogP contribution in [0.15, 0.2) is 12.1 Å². The molecule has 1 saturated carbocycles. The number of aromatic nitrogens is 4. The number of hydrogen-bond acceptors (Lipinski definition) is 8. The van der Waals surface area contributed by atoms with Crippen molar-refractivity contribution < 1.29 is 28.2 Å². The van der Waals surface area contributed by atoms with E-state index < -0.39 is 12.8 Å². The van der Waals surface area contributed by atoms with Crippen LogP contribution in [0.1, 0.15) is 56.3 Å². The average Bonchev–Trinajstić information content (AvgIpc) is 3.26. The lowest BCUT2D eigenvalue weighted by molar-refractivity contribution is -0.142. The fourth-order valence-electron chi connectivity index (χ4n) is 4.61. The molecule has 0 spiro atoms. The standard InChI is InChI=1S/C26H38FN5O5/c1-18-23(36-16-20-9-7-8-19(14-20)15-24(33)35-4)11-10-21(28-18)25-22(32(3)30-29-25)17-37-26(34)31(2)13-6-5-12-27/h10-11,19-20H,5-9,12-17H2,1-4H3/t19-,20?/m1/s1. The van der Waals surface area contributed by atoms with Crippen LogP contribution in [0.5, 0.6) is 5.75 Å². The Bertz CT molecular complexity index is 1050. The number of rotatable bonds is 12. The van der Waals surface area contributed by atoms with Crippen LogP contribution < -0.4 is 4.74 Å². The molecule has 2 aromatic heterocycles. The van der Waals surface area contributed by atoms with Gasteiger partial charge in [-0.3, -0.25) is 9.18 Å². The third-order valence-corrected chi connectivity index (χ3v) is 6.79. The van der Waals surface area contributed by atoms with E-state index in [9.17, 15) is 14.0 Å². The molecule has 1 aliphatic rings. The van der Waals surface area contributed by atoms with Crippen molar-refractivity contribution in [1.29, 1.82) is 0 Å². The van der Waals surface area contributed by atoms with Crippen LogP contribution in [0.25, 0.3) is 11.4 Å². The van der Waals surface area contributed by atoms with Gasteiger partial charge in [0.25, 0.3) is 0 Å². The molecule has 1 amide bonds. The number of carbonyl (C=O) groups excluding carboxylic acids is 2. The Kier molecular flexibility index (Phi) is 10.6. The predicted octanol–water partition coefficient (Wildman–Crippen LogP) is 4.25. The van der Waals surface area contributed by atoms with E-state index in [0.29, 0.717) is 67.1 Å². The van der Waals surface area contributed by atoms with Crippen LogP contribution in [-0.4, -0.2) is 70.9 Å². The largest absolute Gasteiger partial charge is 0.491 e. The summed E-state index contributed by atoms with van der Waals surface area (Å²) in [6.45, 7) is 2.46. The van der Waals surface area contributed by atoms with Gasteiger partial charge in [-0.05, 0) is 63.0 Å². The highest BCUT2D eigenvalue weighted by atomic mass is 19.1. The van der Waals surface area contributed by atoms with Crippen molar-refractivity contribution >= 4 is 12.1 Å². The van der Waals surface area contributed by atoms with E-state index in [4.69, 9.17) is 14.2 Å². The monoisotopic (exact) mass is 519 g/mol. The summed E-state index contributed by atoms with van der Waals surface area (Å²) in [7, 11) is 4.78. The number of aryl methyl sites for hydroxylation is 2. The Morgan fingerprint density at radius 3 is 2.73 bits per heavy atom. The zero-order valence-electron chi connectivity index (χ0n) is 22.2. The van der Waals surface area contributed by atoms with Gasteiger partial charge in [-0.25, -0.2) is 14.5 Å². The van der Waals surface area contributed by atoms with Gasteiger partial charge < -0.3 is 19.1 Å². The highest BCUT2D eigenvalue weighted by molar-refractivity contribution is 5.69. The van der Waals surface area contributed by atoms with Crippen LogP contribution in [0, 0.1) is 18.8 Å². The van der Waals surface area contributed by atoms with Crippen molar-refractivity contribution in [3.63, 3.8) is 0 Å². The number of amides is 1. The summed E-state index contributed by atoms with van der Waals surface area (Å²) in [4.78, 5) is 30.0. The topological polar surface area (TPSA) is 109 Å². The van der Waals surface area contributed by atoms with Crippen LogP contribution in [0.3, 0.4) is 0 Å². The Labute approximate surface area is 217 Å². The molecule has 1 fully saturated rings. The summed E-state index contributed by atoms with van der Waals surface area (Å²) in [5.74, 6) is 1.28. The van der Waals surface area contributed by atoms with Crippen molar-refractivity contribution in [2.45, 2.75) is 58.5 Å². The second-order valence-electron chi connectivity index (χ2n) is 9.65. The van der Waals surface area contributed by atoms with Gasteiger partial charge in [-0.15, -0.1) is 5.10 Å². The Morgan fingerprint density at radius 2 is 2.00 bits per heavy atom. The zero-order chi connectivity index (χ0) is 26.8. The molecule has 1 aliphatic carbocycles. The number of alkyl halides is 1. The van der Waals surface area contributed by atoms with Crippen molar-refractivity contribution in [1.82, 2.24) is 24.9 Å². The Hall–Kier alpha value is -3.24. The second-order valence-corrected chi connectivity index (χ2v) is 9.65. The van der Waals surface area contributed by atoms with Crippen LogP contribution in [0.2, 0.25) is 0 Å². The lowest BCUT2D eigenvalue weighted by Crippen LogP contribution is -2.28. The van der Waals surface area contributed by atoms with Gasteiger partial charge >= 0.3 is 12.1 Å². The van der Waals surface area contributed by atoms with E-state index >= 15 is 0 Å². The number of unbranched alkanes of at least 4 members (excludes halogenated alkanes) is 1. The van der Waals surface area contributed by atoms with Crippen molar-refractivity contribution in [2.75, 3.05) is 34.0 Å². The first-order valence-electron chi connectivity index (χ1n) is 12.8. The van der Waals surface area contributed by atoms with Crippen molar-refractivity contribution in [3.8, 4) is 17.1 Å². The third-order valence-electron chi connectivity index (χ3n) is 6.79. The van der Waals surface area contributed by atoms with Crippen LogP contribution >= 0.6 is 0 Å². The van der Waals surface area contributed by atoms with E-state index in [0.717, 1.165) is 31.4 Å². The fraction of sp³-hybridized carbons (Fsp3) is 0.654. The zero-order valence-corrected chi connectivity index (χ0v) is 22.2. The highest BCUT2D eigenvalue weighted by Crippen LogP contribution is 2.32. The van der Waals surface area contributed by atoms with Gasteiger partial charge in [0, 0.05) is 27.1 Å². The predicted molar refractivity (Wildman–Crippen MR) is 135 cm³/mol. The summed E-state index contributed by atoms with van der Waals surface area (Å²) in [6.07, 6.45) is 5.12. The Morgan fingerprint density at radius 1 is 1.22 bits per heavy atom. The molecule has 3 rings (SSSR count). The summed E-state index contributed by atoms with van der Waals surface area (Å²) in [6, 6.07) is 3.69. The number of carbonyl (C=O) groups is 2. The number of ether oxygens (including phenoxy) is 3. The van der Waals surface area contributed by atoms with E-state index in [1.54, 1.807) is 18.8 Å². The summed E-state index contributed by atoms with van der Waals surface area (Å²) in [5.41, 5.74) is 2.48. The number of hydrogen-bond donors (Lipinski definition) is 0. The molecule has 10 nitrogen and oxygen atoms in total. The van der Waals surface area contributed by atoms with Gasteiger partial charge in [-0.1, -0.05) is 11.6 Å². The molecule has 0 bridgehead atoms. The minimum atomic E-state index is -0.490. The first-order chi connectivity index (χ1) is 17.8. The molecule has 0 N–H and O–H groups in total. The van der Waals surface area contributed by atoms with E-state index in [2.05, 4.69) is 15.3 Å². The molecule has 11 heteroatoms. The number of nitrogens with zero attached hydrogens (tertiary/aromatic N) is 5. The highest BCUT2D eigenvalue weighted by Gasteiger charge is 2.25. The smallest absolute Gasteiger partial charge is 0.409 e. The lowest BCUT2D eigenvalue weighted by atomic mass is 9.80. The van der Waals surface area contributed by atoms with Crippen LogP contribution in [0.4, 0.5) is 9.18 Å². The maximum absolute atomic E-state index is 12.3. The quantitative estimate of drug-likeness (QED) is 0.302. The van der Waals surface area contributed by atoms with E-state index in [-0.39, 0.29) is 12.6 Å². The van der Waals surface area contributed by atoms with Gasteiger partial charge in [0.05, 0.1) is 31.8 Å². The van der Waals surface area contributed by atoms with Gasteiger partial charge in [0.2, 0.25) is 0 Å². The Balaban J connectivity index is 1.58. The van der Waals surface area contributed by atoms with Gasteiger partial charge in [-0.2, -0.15) is 0 Å². The molecule has 2 heterocycles. The molecule has 2 atom stereocenters. The second kappa shape index (κ2) is 13.9. The van der Waals surface area contributed by atoms with Crippen LogP contribution in [-0.2, 0) is 27.9 Å². The van der Waals surface area contributed by atoms with E-state index in [1.165, 1.54) is 12.0 Å². The molecule has 1 unspecified atom stereocenters. The lowest BCUT2D eigenvalue weighted by Gasteiger charge is -2.28. The molecule has 204 valence electrons. The number of esters is 1. The normalized spacial score (nSPS) is 17.3. The van der Waals surface area contributed by atoms with Gasteiger partial charge in [0.1, 0.15) is 23.7 Å². The number of halogens is 1. The number of pyridine rings is 1. The van der Waals surface area contributed by atoms with Crippen molar-refractivity contribution in [2.24, 2.45) is 18.9 Å². The summed E-state index contributed by atoms with van der Waals surface area (Å²) >= 11 is 0. The minimum Gasteiger partial charge on any atom is -0.491 e. The maximum atomic E-state index is 12.3. The SMILES string of the molecule is COC(=O)C[C@@H]1CCCC(COc2ccc(-c3nnn(C)c3COC(=O)N(C)CCCCF)nc2C)C1. The maximum Gasteiger partial charge on any atom is 0.409 e. The number of methoxy groups -OCH3 is 1. The summed E-state index contributed by atoms with van der Waals surface area (Å²) < 4.78 is 30.2. The van der Waals surface area contributed by atoms with Crippen molar-refractivity contribution in [3.05, 3.63) is 23.5 Å². The molecule has 0 aliphatic heterocycles. The molecule has 2 aromatic rings. The molecule has 37 heavy (non-hydrogen) atoms. The molecule has 0 radical (unpaired) electrons. The fourth-order valence-corrected chi connectivity index (χ4v) is 4.61. The van der Waals surface area contributed by atoms with E-state index in [1.807, 2.05) is 19.1 Å². The first-order valence-corrected chi connectivity index (χ1v) is 12.8.